The Balaban J connectivity index is 2.20. The minimum absolute atomic E-state index is 0.246. The fraction of sp³-hybridized carbons (Fsp3) is 0.308. The molecule has 2 N–H and O–H groups in total. The van der Waals surface area contributed by atoms with E-state index in [1.807, 2.05) is 0 Å². The molecule has 0 aliphatic carbocycles. The van der Waals surface area contributed by atoms with Gasteiger partial charge in [-0.3, -0.25) is 9.89 Å². The smallest absolute Gasteiger partial charge is 0.251 e. The van der Waals surface area contributed by atoms with Crippen LogP contribution >= 0.6 is 0 Å². The lowest BCUT2D eigenvalue weighted by Crippen LogP contribution is -2.23. The summed E-state index contributed by atoms with van der Waals surface area (Å²) in [7, 11) is 4.49. The van der Waals surface area contributed by atoms with Crippen LogP contribution in [0.5, 0.6) is 17.2 Å². The van der Waals surface area contributed by atoms with Crippen LogP contribution in [0, 0.1) is 0 Å². The second-order valence-electron chi connectivity index (χ2n) is 4.03. The van der Waals surface area contributed by atoms with Crippen molar-refractivity contribution in [1.82, 2.24) is 20.5 Å². The molecule has 112 valence electrons. The fourth-order valence-electron chi connectivity index (χ4n) is 1.79. The minimum Gasteiger partial charge on any atom is -0.493 e. The van der Waals surface area contributed by atoms with Crippen molar-refractivity contribution >= 4 is 5.91 Å². The van der Waals surface area contributed by atoms with E-state index in [4.69, 9.17) is 14.2 Å². The van der Waals surface area contributed by atoms with E-state index in [2.05, 4.69) is 20.5 Å². The lowest BCUT2D eigenvalue weighted by atomic mass is 10.1. The SMILES string of the molecule is COc1cc(C(=O)NCc2ncn[nH]2)cc(OC)c1OC. The van der Waals surface area contributed by atoms with E-state index in [9.17, 15) is 4.79 Å². The van der Waals surface area contributed by atoms with Gasteiger partial charge in [0.05, 0.1) is 27.9 Å². The molecule has 0 aliphatic rings. The van der Waals surface area contributed by atoms with Crippen LogP contribution in [0.15, 0.2) is 18.5 Å². The summed E-state index contributed by atoms with van der Waals surface area (Å²) in [5, 5.41) is 9.09. The molecule has 0 fully saturated rings. The van der Waals surface area contributed by atoms with E-state index in [0.29, 0.717) is 28.6 Å². The van der Waals surface area contributed by atoms with Gasteiger partial charge in [-0.1, -0.05) is 0 Å². The van der Waals surface area contributed by atoms with Crippen molar-refractivity contribution in [3.8, 4) is 17.2 Å². The summed E-state index contributed by atoms with van der Waals surface area (Å²) in [5.41, 5.74) is 0.393. The quantitative estimate of drug-likeness (QED) is 0.815. The zero-order chi connectivity index (χ0) is 15.2. The number of amides is 1. The van der Waals surface area contributed by atoms with E-state index >= 15 is 0 Å². The van der Waals surface area contributed by atoms with Crippen molar-refractivity contribution in [2.45, 2.75) is 6.54 Å². The second kappa shape index (κ2) is 6.60. The fourth-order valence-corrected chi connectivity index (χ4v) is 1.79. The third-order valence-electron chi connectivity index (χ3n) is 2.81. The number of hydrogen-bond acceptors (Lipinski definition) is 6. The van der Waals surface area contributed by atoms with Gasteiger partial charge >= 0.3 is 0 Å². The first-order chi connectivity index (χ1) is 10.2. The Hall–Kier alpha value is -2.77. The first-order valence-electron chi connectivity index (χ1n) is 6.12. The Morgan fingerprint density at radius 2 is 1.86 bits per heavy atom. The Kier molecular flexibility index (Phi) is 4.60. The van der Waals surface area contributed by atoms with Crippen LogP contribution in [0.2, 0.25) is 0 Å². The minimum atomic E-state index is -0.286. The van der Waals surface area contributed by atoms with E-state index in [1.165, 1.54) is 27.7 Å². The van der Waals surface area contributed by atoms with Crippen molar-refractivity contribution in [1.29, 1.82) is 0 Å². The van der Waals surface area contributed by atoms with Crippen LogP contribution in [0.4, 0.5) is 0 Å². The maximum Gasteiger partial charge on any atom is 0.251 e. The average molecular weight is 292 g/mol. The molecule has 8 heteroatoms. The predicted octanol–water partition coefficient (Wildman–Crippen LogP) is 0.760. The molecule has 0 unspecified atom stereocenters. The highest BCUT2D eigenvalue weighted by molar-refractivity contribution is 5.95. The molecule has 1 aromatic heterocycles. The molecule has 1 amide bonds. The normalized spacial score (nSPS) is 10.0. The highest BCUT2D eigenvalue weighted by Gasteiger charge is 2.16. The number of aromatic nitrogens is 3. The molecule has 0 aliphatic heterocycles. The molecular formula is C13H16N4O4. The molecule has 2 aromatic rings. The number of benzene rings is 1. The van der Waals surface area contributed by atoms with Crippen LogP contribution in [0.25, 0.3) is 0 Å². The van der Waals surface area contributed by atoms with E-state index in [-0.39, 0.29) is 12.5 Å². The number of H-pyrrole nitrogens is 1. The maximum absolute atomic E-state index is 12.2. The van der Waals surface area contributed by atoms with Gasteiger partial charge in [0.2, 0.25) is 5.75 Å². The molecule has 1 aromatic carbocycles. The third kappa shape index (κ3) is 3.22. The van der Waals surface area contributed by atoms with Gasteiger partial charge in [0.25, 0.3) is 5.91 Å². The lowest BCUT2D eigenvalue weighted by Gasteiger charge is -2.13. The first kappa shape index (κ1) is 14.6. The van der Waals surface area contributed by atoms with Crippen molar-refractivity contribution in [2.75, 3.05) is 21.3 Å². The van der Waals surface area contributed by atoms with E-state index in [1.54, 1.807) is 12.1 Å². The van der Waals surface area contributed by atoms with E-state index in [0.717, 1.165) is 0 Å². The lowest BCUT2D eigenvalue weighted by molar-refractivity contribution is 0.0949. The van der Waals surface area contributed by atoms with Crippen LogP contribution in [0.3, 0.4) is 0 Å². The van der Waals surface area contributed by atoms with Crippen LogP contribution in [-0.2, 0) is 6.54 Å². The summed E-state index contributed by atoms with van der Waals surface area (Å²) in [6, 6.07) is 3.16. The summed E-state index contributed by atoms with van der Waals surface area (Å²) in [5.74, 6) is 1.55. The topological polar surface area (TPSA) is 98.4 Å². The Morgan fingerprint density at radius 1 is 1.19 bits per heavy atom. The molecule has 21 heavy (non-hydrogen) atoms. The highest BCUT2D eigenvalue weighted by Crippen LogP contribution is 2.38. The number of hydrogen-bond donors (Lipinski definition) is 2. The zero-order valence-electron chi connectivity index (χ0n) is 12.0. The van der Waals surface area contributed by atoms with Crippen LogP contribution in [-0.4, -0.2) is 42.4 Å². The number of nitrogens with zero attached hydrogens (tertiary/aromatic N) is 2. The summed E-state index contributed by atoms with van der Waals surface area (Å²) < 4.78 is 15.6. The van der Waals surface area contributed by atoms with Crippen LogP contribution < -0.4 is 19.5 Å². The molecule has 2 rings (SSSR count). The number of methoxy groups -OCH3 is 3. The molecule has 0 radical (unpaired) electrons. The number of carbonyl (C=O) groups excluding carboxylic acids is 1. The molecule has 0 saturated heterocycles. The largest absolute Gasteiger partial charge is 0.493 e. The van der Waals surface area contributed by atoms with Gasteiger partial charge in [-0.05, 0) is 12.1 Å². The number of ether oxygens (including phenoxy) is 3. The van der Waals surface area contributed by atoms with Gasteiger partial charge in [0, 0.05) is 5.56 Å². The molecule has 8 nitrogen and oxygen atoms in total. The maximum atomic E-state index is 12.2. The van der Waals surface area contributed by atoms with Gasteiger partial charge < -0.3 is 19.5 Å². The molecule has 0 spiro atoms. The number of aromatic amines is 1. The summed E-state index contributed by atoms with van der Waals surface area (Å²) >= 11 is 0. The van der Waals surface area contributed by atoms with Crippen molar-refractivity contribution in [3.05, 3.63) is 29.8 Å². The van der Waals surface area contributed by atoms with Crippen molar-refractivity contribution in [2.24, 2.45) is 0 Å². The number of rotatable bonds is 6. The van der Waals surface area contributed by atoms with Gasteiger partial charge in [-0.2, -0.15) is 5.10 Å². The monoisotopic (exact) mass is 292 g/mol. The molecule has 0 saturated carbocycles. The highest BCUT2D eigenvalue weighted by atomic mass is 16.5. The number of nitrogens with one attached hydrogen (secondary N) is 2. The van der Waals surface area contributed by atoms with Gasteiger partial charge in [0.15, 0.2) is 11.5 Å². The Bertz CT molecular complexity index is 588. The Labute approximate surface area is 121 Å². The predicted molar refractivity (Wildman–Crippen MR) is 73.7 cm³/mol. The van der Waals surface area contributed by atoms with Crippen LogP contribution in [0.1, 0.15) is 16.2 Å². The summed E-state index contributed by atoms with van der Waals surface area (Å²) in [6.07, 6.45) is 1.38. The summed E-state index contributed by atoms with van der Waals surface area (Å²) in [4.78, 5) is 16.1. The molecular weight excluding hydrogens is 276 g/mol. The first-order valence-corrected chi connectivity index (χ1v) is 6.12. The molecule has 0 bridgehead atoms. The zero-order valence-corrected chi connectivity index (χ0v) is 12.0. The van der Waals surface area contributed by atoms with Gasteiger partial charge in [-0.25, -0.2) is 4.98 Å². The van der Waals surface area contributed by atoms with Gasteiger partial charge in [0.1, 0.15) is 12.2 Å². The Morgan fingerprint density at radius 3 is 2.33 bits per heavy atom. The third-order valence-corrected chi connectivity index (χ3v) is 2.81. The summed E-state index contributed by atoms with van der Waals surface area (Å²) in [6.45, 7) is 0.246. The average Bonchev–Trinajstić information content (AvgIpc) is 3.04. The van der Waals surface area contributed by atoms with E-state index < -0.39 is 0 Å². The van der Waals surface area contributed by atoms with Gasteiger partial charge in [-0.15, -0.1) is 0 Å². The number of carbonyl (C=O) groups is 1. The standard InChI is InChI=1S/C13H16N4O4/c1-19-9-4-8(5-10(20-2)12(9)21-3)13(18)14-6-11-15-7-16-17-11/h4-5,7H,6H2,1-3H3,(H,14,18)(H,15,16,17). The van der Waals surface area contributed by atoms with Crippen molar-refractivity contribution < 1.29 is 19.0 Å². The van der Waals surface area contributed by atoms with Crippen molar-refractivity contribution in [3.63, 3.8) is 0 Å². The molecule has 0 atom stereocenters. The molecule has 1 heterocycles. The second-order valence-corrected chi connectivity index (χ2v) is 4.03.